The molecule has 1 rings (SSSR count). The Balaban J connectivity index is 0.00000144. The second-order valence-electron chi connectivity index (χ2n) is 2.27. The molecule has 0 saturated carbocycles. The molecule has 1 amide bonds. The normalized spacial score (nSPS) is 8.69. The molecule has 0 unspecified atom stereocenters. The first-order valence-corrected chi connectivity index (χ1v) is 4.85. The molecule has 0 aromatic heterocycles. The van der Waals surface area contributed by atoms with Gasteiger partial charge in [0.15, 0.2) is 0 Å². The molecule has 0 radical (unpaired) electrons. The summed E-state index contributed by atoms with van der Waals surface area (Å²) in [7, 11) is 0. The Morgan fingerprint density at radius 1 is 1.38 bits per heavy atom. The van der Waals surface area contributed by atoms with E-state index in [4.69, 9.17) is 0 Å². The zero-order valence-corrected chi connectivity index (χ0v) is 8.67. The summed E-state index contributed by atoms with van der Waals surface area (Å²) in [5.41, 5.74) is 1.07. The smallest absolute Gasteiger partial charge is 0.640 e. The van der Waals surface area contributed by atoms with Crippen molar-refractivity contribution in [1.82, 2.24) is 0 Å². The Bertz CT molecular complexity index is 253. The average Bonchev–Trinajstić information content (AvgIpc) is 2.16. The van der Waals surface area contributed by atoms with Crippen LogP contribution in [0.15, 0.2) is 30.3 Å². The van der Waals surface area contributed by atoms with Gasteiger partial charge in [0.25, 0.3) is 0 Å². The van der Waals surface area contributed by atoms with Crippen LogP contribution in [0, 0.1) is 0 Å². The number of benzene rings is 1. The maximum Gasteiger partial charge on any atom is 1.00 e. The van der Waals surface area contributed by atoms with Gasteiger partial charge in [0.1, 0.15) is 5.24 Å². The Kier molecular flexibility index (Phi) is 6.88. The second-order valence-corrected chi connectivity index (χ2v) is 3.03. The molecule has 0 aliphatic rings. The van der Waals surface area contributed by atoms with E-state index in [2.05, 4.69) is 5.32 Å². The van der Waals surface area contributed by atoms with E-state index in [0.717, 1.165) is 17.3 Å². The van der Waals surface area contributed by atoms with Gasteiger partial charge in [-0.3, -0.25) is 0 Å². The fraction of sp³-hybridized carbons (Fsp3) is 0.222. The summed E-state index contributed by atoms with van der Waals surface area (Å²) in [6.45, 7) is 0.487. The van der Waals surface area contributed by atoms with E-state index >= 15 is 0 Å². The SMILES string of the molecule is CSC(=O)[N-]Cc1ccccc1.[Li+]. The minimum Gasteiger partial charge on any atom is -0.640 e. The predicted molar refractivity (Wildman–Crippen MR) is 52.4 cm³/mol. The summed E-state index contributed by atoms with van der Waals surface area (Å²) in [5, 5.41) is 3.72. The van der Waals surface area contributed by atoms with Gasteiger partial charge in [-0.05, 0) is 6.26 Å². The molecule has 1 aromatic carbocycles. The van der Waals surface area contributed by atoms with Gasteiger partial charge >= 0.3 is 18.9 Å². The molecule has 4 heteroatoms. The van der Waals surface area contributed by atoms with E-state index in [-0.39, 0.29) is 24.1 Å². The van der Waals surface area contributed by atoms with Crippen molar-refractivity contribution in [2.24, 2.45) is 0 Å². The third kappa shape index (κ3) is 5.04. The van der Waals surface area contributed by atoms with Gasteiger partial charge in [0.05, 0.1) is 0 Å². The molecular weight excluding hydrogens is 177 g/mol. The van der Waals surface area contributed by atoms with Crippen LogP contribution >= 0.6 is 11.8 Å². The van der Waals surface area contributed by atoms with Gasteiger partial charge in [-0.25, -0.2) is 0 Å². The molecule has 1 aromatic rings. The number of hydrogen-bond donors (Lipinski definition) is 0. The topological polar surface area (TPSA) is 31.2 Å². The van der Waals surface area contributed by atoms with Crippen LogP contribution < -0.4 is 18.9 Å². The number of thioether (sulfide) groups is 1. The average molecular weight is 187 g/mol. The monoisotopic (exact) mass is 187 g/mol. The van der Waals surface area contributed by atoms with Crippen LogP contribution in [0.2, 0.25) is 0 Å². The summed E-state index contributed by atoms with van der Waals surface area (Å²) in [4.78, 5) is 10.8. The minimum atomic E-state index is -0.112. The van der Waals surface area contributed by atoms with Crippen LogP contribution in [-0.2, 0) is 6.54 Å². The molecule has 0 atom stereocenters. The molecule has 2 nitrogen and oxygen atoms in total. The van der Waals surface area contributed by atoms with Crippen molar-refractivity contribution in [3.8, 4) is 0 Å². The number of nitrogens with zero attached hydrogens (tertiary/aromatic N) is 1. The molecule has 0 heterocycles. The first-order chi connectivity index (χ1) is 5.83. The Morgan fingerprint density at radius 2 is 2.00 bits per heavy atom. The van der Waals surface area contributed by atoms with E-state index in [1.807, 2.05) is 30.3 Å². The zero-order valence-electron chi connectivity index (χ0n) is 7.86. The van der Waals surface area contributed by atoms with Gasteiger partial charge in [-0.2, -0.15) is 0 Å². The van der Waals surface area contributed by atoms with Gasteiger partial charge in [-0.1, -0.05) is 35.9 Å². The van der Waals surface area contributed by atoms with Crippen molar-refractivity contribution in [2.75, 3.05) is 6.26 Å². The number of rotatable bonds is 2. The molecule has 0 N–H and O–H groups in total. The standard InChI is InChI=1S/C9H11NOS.Li/c1-12-9(11)10-7-8-5-3-2-4-6-8;/h2-6H,7H2,1H3,(H,10,11);/q;+1/p-1. The maximum atomic E-state index is 10.8. The third-order valence-electron chi connectivity index (χ3n) is 1.41. The molecule has 13 heavy (non-hydrogen) atoms. The molecule has 0 spiro atoms. The summed E-state index contributed by atoms with van der Waals surface area (Å²) >= 11 is 1.14. The van der Waals surface area contributed by atoms with Gasteiger partial charge in [0.2, 0.25) is 0 Å². The summed E-state index contributed by atoms with van der Waals surface area (Å²) in [5.74, 6) is 0. The van der Waals surface area contributed by atoms with Gasteiger partial charge in [-0.15, -0.1) is 18.3 Å². The van der Waals surface area contributed by atoms with E-state index in [1.54, 1.807) is 6.26 Å². The first-order valence-electron chi connectivity index (χ1n) is 3.62. The molecule has 0 fully saturated rings. The fourth-order valence-corrected chi connectivity index (χ4v) is 0.997. The Labute approximate surface area is 94.7 Å². The van der Waals surface area contributed by atoms with E-state index in [1.165, 1.54) is 0 Å². The van der Waals surface area contributed by atoms with Gasteiger partial charge in [0, 0.05) is 0 Å². The van der Waals surface area contributed by atoms with Crippen LogP contribution in [0.3, 0.4) is 0 Å². The van der Waals surface area contributed by atoms with Crippen molar-refractivity contribution < 1.29 is 23.7 Å². The number of carbonyl (C=O) groups is 1. The second kappa shape index (κ2) is 7.08. The molecule has 0 aliphatic heterocycles. The number of hydrogen-bond acceptors (Lipinski definition) is 2. The number of carbonyl (C=O) groups excluding carboxylic acids is 1. The largest absolute Gasteiger partial charge is 1.00 e. The van der Waals surface area contributed by atoms with Crippen LogP contribution in [0.4, 0.5) is 4.79 Å². The molecule has 0 saturated heterocycles. The maximum absolute atomic E-state index is 10.8. The Morgan fingerprint density at radius 3 is 2.54 bits per heavy atom. The fourth-order valence-electron chi connectivity index (χ4n) is 0.804. The van der Waals surface area contributed by atoms with Crippen molar-refractivity contribution >= 4 is 17.0 Å². The summed E-state index contributed by atoms with van der Waals surface area (Å²) < 4.78 is 0. The van der Waals surface area contributed by atoms with Crippen molar-refractivity contribution in [2.45, 2.75) is 6.54 Å². The quantitative estimate of drug-likeness (QED) is 0.612. The van der Waals surface area contributed by atoms with Crippen molar-refractivity contribution in [3.63, 3.8) is 0 Å². The molecule has 64 valence electrons. The predicted octanol–water partition coefficient (Wildman–Crippen LogP) is 0.0473. The minimum absolute atomic E-state index is 0. The van der Waals surface area contributed by atoms with Crippen molar-refractivity contribution in [1.29, 1.82) is 0 Å². The van der Waals surface area contributed by atoms with Gasteiger partial charge < -0.3 is 10.1 Å². The summed E-state index contributed by atoms with van der Waals surface area (Å²) in [6, 6.07) is 9.73. The van der Waals surface area contributed by atoms with Crippen LogP contribution in [0.25, 0.3) is 5.32 Å². The molecule has 0 aliphatic carbocycles. The summed E-state index contributed by atoms with van der Waals surface area (Å²) in [6.07, 6.45) is 1.73. The van der Waals surface area contributed by atoms with E-state index < -0.39 is 0 Å². The Hall–Kier alpha value is -0.363. The van der Waals surface area contributed by atoms with Crippen LogP contribution in [-0.4, -0.2) is 11.5 Å². The zero-order chi connectivity index (χ0) is 8.81. The first kappa shape index (κ1) is 12.6. The van der Waals surface area contributed by atoms with Crippen LogP contribution in [0.1, 0.15) is 5.56 Å². The molecule has 0 bridgehead atoms. The van der Waals surface area contributed by atoms with E-state index in [9.17, 15) is 4.79 Å². The van der Waals surface area contributed by atoms with Crippen LogP contribution in [0.5, 0.6) is 0 Å². The molecular formula is C9H10LiNOS. The third-order valence-corrected chi connectivity index (χ3v) is 1.89. The van der Waals surface area contributed by atoms with E-state index in [0.29, 0.717) is 6.54 Å². The van der Waals surface area contributed by atoms with Crippen molar-refractivity contribution in [3.05, 3.63) is 41.2 Å². The number of amides is 1.